The molecule has 0 aliphatic heterocycles. The minimum absolute atomic E-state index is 0.159. The summed E-state index contributed by atoms with van der Waals surface area (Å²) in [5.74, 6) is 0. The average molecular weight is 270 g/mol. The molecule has 4 heteroatoms. The Bertz CT molecular complexity index is 331. The standard InChI is InChI=1S/C14H26N2OS/c1-5-6-8-17-9-7-15-10-12-11-18-13(16-12)14(2,3)4/h11,15H,5-10H2,1-4H3. The number of rotatable bonds is 8. The molecule has 0 aliphatic rings. The van der Waals surface area contributed by atoms with Crippen LogP contribution in [-0.2, 0) is 16.7 Å². The van der Waals surface area contributed by atoms with Crippen molar-refractivity contribution in [1.29, 1.82) is 0 Å². The predicted octanol–water partition coefficient (Wildman–Crippen LogP) is 3.35. The first-order valence-electron chi connectivity index (χ1n) is 6.77. The van der Waals surface area contributed by atoms with E-state index < -0.39 is 0 Å². The third-order valence-electron chi connectivity index (χ3n) is 2.56. The Morgan fingerprint density at radius 3 is 2.72 bits per heavy atom. The van der Waals surface area contributed by atoms with E-state index in [-0.39, 0.29) is 5.41 Å². The molecule has 1 N–H and O–H groups in total. The lowest BCUT2D eigenvalue weighted by Gasteiger charge is -2.13. The van der Waals surface area contributed by atoms with E-state index in [1.165, 1.54) is 11.4 Å². The van der Waals surface area contributed by atoms with Crippen molar-refractivity contribution in [1.82, 2.24) is 10.3 Å². The molecule has 1 aromatic rings. The van der Waals surface area contributed by atoms with Gasteiger partial charge in [-0.25, -0.2) is 4.98 Å². The van der Waals surface area contributed by atoms with Crippen LogP contribution in [0.4, 0.5) is 0 Å². The van der Waals surface area contributed by atoms with E-state index in [0.717, 1.165) is 38.4 Å². The van der Waals surface area contributed by atoms with Gasteiger partial charge in [0.05, 0.1) is 17.3 Å². The molecule has 0 aromatic carbocycles. The van der Waals surface area contributed by atoms with Crippen LogP contribution in [0, 0.1) is 0 Å². The number of aromatic nitrogens is 1. The van der Waals surface area contributed by atoms with Gasteiger partial charge in [-0.1, -0.05) is 34.1 Å². The van der Waals surface area contributed by atoms with Gasteiger partial charge in [0.25, 0.3) is 0 Å². The fourth-order valence-electron chi connectivity index (χ4n) is 1.44. The maximum atomic E-state index is 5.49. The van der Waals surface area contributed by atoms with E-state index in [1.54, 1.807) is 11.3 Å². The number of thiazole rings is 1. The number of hydrogen-bond donors (Lipinski definition) is 1. The Morgan fingerprint density at radius 1 is 1.33 bits per heavy atom. The molecule has 104 valence electrons. The Balaban J connectivity index is 2.14. The van der Waals surface area contributed by atoms with Crippen LogP contribution in [0.1, 0.15) is 51.2 Å². The molecule has 0 unspecified atom stereocenters. The lowest BCUT2D eigenvalue weighted by atomic mass is 9.98. The smallest absolute Gasteiger partial charge is 0.0982 e. The summed E-state index contributed by atoms with van der Waals surface area (Å²) in [7, 11) is 0. The molecule has 0 fully saturated rings. The summed E-state index contributed by atoms with van der Waals surface area (Å²) in [6.45, 7) is 12.2. The number of nitrogens with zero attached hydrogens (tertiary/aromatic N) is 1. The highest BCUT2D eigenvalue weighted by Gasteiger charge is 2.17. The second kappa shape index (κ2) is 7.87. The molecule has 0 aliphatic carbocycles. The monoisotopic (exact) mass is 270 g/mol. The molecule has 0 atom stereocenters. The molecular weight excluding hydrogens is 244 g/mol. The van der Waals surface area contributed by atoms with Crippen molar-refractivity contribution in [2.75, 3.05) is 19.8 Å². The fourth-order valence-corrected chi connectivity index (χ4v) is 2.35. The highest BCUT2D eigenvalue weighted by atomic mass is 32.1. The van der Waals surface area contributed by atoms with Crippen LogP contribution >= 0.6 is 11.3 Å². The summed E-state index contributed by atoms with van der Waals surface area (Å²) in [6, 6.07) is 0. The predicted molar refractivity (Wildman–Crippen MR) is 78.2 cm³/mol. The SMILES string of the molecule is CCCCOCCNCc1csc(C(C)(C)C)n1. The third-order valence-corrected chi connectivity index (χ3v) is 3.88. The van der Waals surface area contributed by atoms with Crippen LogP contribution in [-0.4, -0.2) is 24.7 Å². The van der Waals surface area contributed by atoms with E-state index in [9.17, 15) is 0 Å². The molecule has 1 aromatic heterocycles. The van der Waals surface area contributed by atoms with Crippen molar-refractivity contribution in [3.05, 3.63) is 16.1 Å². The van der Waals surface area contributed by atoms with Gasteiger partial charge in [-0.2, -0.15) is 0 Å². The number of hydrogen-bond acceptors (Lipinski definition) is 4. The van der Waals surface area contributed by atoms with Gasteiger partial charge >= 0.3 is 0 Å². The number of nitrogens with one attached hydrogen (secondary N) is 1. The highest BCUT2D eigenvalue weighted by Crippen LogP contribution is 2.25. The molecule has 0 amide bonds. The number of unbranched alkanes of at least 4 members (excludes halogenated alkanes) is 1. The topological polar surface area (TPSA) is 34.1 Å². The van der Waals surface area contributed by atoms with E-state index in [2.05, 4.69) is 43.4 Å². The maximum absolute atomic E-state index is 5.49. The summed E-state index contributed by atoms with van der Waals surface area (Å²) in [4.78, 5) is 4.64. The van der Waals surface area contributed by atoms with Crippen molar-refractivity contribution < 1.29 is 4.74 Å². The van der Waals surface area contributed by atoms with Crippen LogP contribution in [0.5, 0.6) is 0 Å². The van der Waals surface area contributed by atoms with Gasteiger partial charge in [0.1, 0.15) is 0 Å². The lowest BCUT2D eigenvalue weighted by Crippen LogP contribution is -2.20. The Kier molecular flexibility index (Phi) is 6.82. The summed E-state index contributed by atoms with van der Waals surface area (Å²) >= 11 is 1.75. The third kappa shape index (κ3) is 5.94. The molecule has 0 radical (unpaired) electrons. The second-order valence-electron chi connectivity index (χ2n) is 5.54. The Labute approximate surface area is 115 Å². The van der Waals surface area contributed by atoms with Gasteiger partial charge in [-0.15, -0.1) is 11.3 Å². The summed E-state index contributed by atoms with van der Waals surface area (Å²) in [5.41, 5.74) is 1.30. The van der Waals surface area contributed by atoms with Crippen LogP contribution in [0.2, 0.25) is 0 Å². The summed E-state index contributed by atoms with van der Waals surface area (Å²) in [5, 5.41) is 6.71. The maximum Gasteiger partial charge on any atom is 0.0982 e. The zero-order valence-corrected chi connectivity index (χ0v) is 12.9. The van der Waals surface area contributed by atoms with Gasteiger partial charge in [-0.05, 0) is 6.42 Å². The summed E-state index contributed by atoms with van der Waals surface area (Å²) < 4.78 is 5.49. The molecule has 0 bridgehead atoms. The Morgan fingerprint density at radius 2 is 2.11 bits per heavy atom. The van der Waals surface area contributed by atoms with Crippen LogP contribution in [0.3, 0.4) is 0 Å². The van der Waals surface area contributed by atoms with E-state index in [0.29, 0.717) is 0 Å². The van der Waals surface area contributed by atoms with E-state index >= 15 is 0 Å². The second-order valence-corrected chi connectivity index (χ2v) is 6.39. The molecule has 0 spiro atoms. The minimum Gasteiger partial charge on any atom is -0.380 e. The minimum atomic E-state index is 0.159. The first-order chi connectivity index (χ1) is 8.54. The van der Waals surface area contributed by atoms with E-state index in [1.807, 2.05) is 0 Å². The zero-order valence-electron chi connectivity index (χ0n) is 12.1. The van der Waals surface area contributed by atoms with Crippen molar-refractivity contribution in [3.8, 4) is 0 Å². The van der Waals surface area contributed by atoms with Gasteiger partial charge in [0.15, 0.2) is 0 Å². The largest absolute Gasteiger partial charge is 0.380 e. The molecule has 1 heterocycles. The first kappa shape index (κ1) is 15.6. The van der Waals surface area contributed by atoms with Gasteiger partial charge < -0.3 is 10.1 Å². The van der Waals surface area contributed by atoms with Gasteiger partial charge in [0, 0.05) is 30.5 Å². The molecule has 0 saturated heterocycles. The quantitative estimate of drug-likeness (QED) is 0.736. The van der Waals surface area contributed by atoms with Gasteiger partial charge in [-0.3, -0.25) is 0 Å². The molecular formula is C14H26N2OS. The molecule has 0 saturated carbocycles. The molecule has 3 nitrogen and oxygen atoms in total. The van der Waals surface area contributed by atoms with Crippen molar-refractivity contribution in [3.63, 3.8) is 0 Å². The van der Waals surface area contributed by atoms with Crippen molar-refractivity contribution >= 4 is 11.3 Å². The van der Waals surface area contributed by atoms with Gasteiger partial charge in [0.2, 0.25) is 0 Å². The fraction of sp³-hybridized carbons (Fsp3) is 0.786. The average Bonchev–Trinajstić information content (AvgIpc) is 2.76. The number of ether oxygens (including phenoxy) is 1. The van der Waals surface area contributed by atoms with Crippen molar-refractivity contribution in [2.45, 2.75) is 52.5 Å². The van der Waals surface area contributed by atoms with Crippen LogP contribution in [0.25, 0.3) is 0 Å². The zero-order chi connectivity index (χ0) is 13.4. The van der Waals surface area contributed by atoms with Crippen molar-refractivity contribution in [2.24, 2.45) is 0 Å². The molecule has 18 heavy (non-hydrogen) atoms. The highest BCUT2D eigenvalue weighted by molar-refractivity contribution is 7.09. The summed E-state index contributed by atoms with van der Waals surface area (Å²) in [6.07, 6.45) is 2.35. The Hall–Kier alpha value is -0.450. The van der Waals surface area contributed by atoms with E-state index in [4.69, 9.17) is 4.74 Å². The first-order valence-corrected chi connectivity index (χ1v) is 7.65. The van der Waals surface area contributed by atoms with Crippen LogP contribution in [0.15, 0.2) is 5.38 Å². The molecule has 1 rings (SSSR count). The lowest BCUT2D eigenvalue weighted by molar-refractivity contribution is 0.133. The normalized spacial score (nSPS) is 12.0. The van der Waals surface area contributed by atoms with Crippen LogP contribution < -0.4 is 5.32 Å².